The van der Waals surface area contributed by atoms with Crippen LogP contribution in [-0.4, -0.2) is 47.9 Å². The third kappa shape index (κ3) is 5.80. The van der Waals surface area contributed by atoms with E-state index in [-0.39, 0.29) is 35.6 Å². The summed E-state index contributed by atoms with van der Waals surface area (Å²) in [6.45, 7) is 4.64. The van der Waals surface area contributed by atoms with E-state index in [1.54, 1.807) is 0 Å². The van der Waals surface area contributed by atoms with Crippen molar-refractivity contribution in [2.24, 2.45) is 11.8 Å². The number of nitrogens with zero attached hydrogens (tertiary/aromatic N) is 2. The fourth-order valence-corrected chi connectivity index (χ4v) is 5.18. The molecule has 0 bridgehead atoms. The molecule has 0 saturated carbocycles. The third-order valence-corrected chi connectivity index (χ3v) is 6.87. The van der Waals surface area contributed by atoms with Crippen LogP contribution in [0.2, 0.25) is 0 Å². The number of benzene rings is 2. The number of amides is 1. The number of likely N-dealkylation sites (tertiary alicyclic amines) is 2. The molecule has 2 aromatic rings. The number of ether oxygens (including phenoxy) is 1. The van der Waals surface area contributed by atoms with Crippen molar-refractivity contribution in [3.63, 3.8) is 0 Å². The fraction of sp³-hybridized carbons (Fsp3) is 0.481. The zero-order valence-electron chi connectivity index (χ0n) is 19.3. The van der Waals surface area contributed by atoms with Crippen LogP contribution in [0.15, 0.2) is 54.6 Å². The van der Waals surface area contributed by atoms with Crippen LogP contribution in [0.4, 0.5) is 4.39 Å². The quantitative estimate of drug-likeness (QED) is 0.602. The van der Waals surface area contributed by atoms with Gasteiger partial charge in [-0.05, 0) is 55.9 Å². The highest BCUT2D eigenvalue weighted by Crippen LogP contribution is 2.35. The summed E-state index contributed by atoms with van der Waals surface area (Å²) in [5.74, 6) is -0.628. The number of esters is 1. The van der Waals surface area contributed by atoms with Gasteiger partial charge >= 0.3 is 5.97 Å². The topological polar surface area (TPSA) is 49.9 Å². The highest BCUT2D eigenvalue weighted by molar-refractivity contribution is 5.81. The van der Waals surface area contributed by atoms with Crippen LogP contribution < -0.4 is 0 Å². The minimum atomic E-state index is -0.244. The van der Waals surface area contributed by atoms with Crippen molar-refractivity contribution in [1.82, 2.24) is 9.80 Å². The number of carbonyl (C=O) groups is 2. The summed E-state index contributed by atoms with van der Waals surface area (Å²) in [5.41, 5.74) is 2.27. The third-order valence-electron chi connectivity index (χ3n) is 6.87. The normalized spacial score (nSPS) is 23.8. The maximum Gasteiger partial charge on any atom is 0.310 e. The Bertz CT molecular complexity index is 934. The first-order chi connectivity index (χ1) is 16.0. The average molecular weight is 453 g/mol. The molecule has 0 N–H and O–H groups in total. The Balaban J connectivity index is 1.48. The number of halogens is 1. The summed E-state index contributed by atoms with van der Waals surface area (Å²) in [4.78, 5) is 29.9. The van der Waals surface area contributed by atoms with Gasteiger partial charge in [-0.15, -0.1) is 0 Å². The molecule has 3 atom stereocenters. The van der Waals surface area contributed by atoms with E-state index in [4.69, 9.17) is 4.74 Å². The average Bonchev–Trinajstić information content (AvgIpc) is 2.86. The molecule has 3 unspecified atom stereocenters. The molecule has 0 aromatic heterocycles. The van der Waals surface area contributed by atoms with E-state index >= 15 is 0 Å². The number of hydrogen-bond donors (Lipinski definition) is 0. The summed E-state index contributed by atoms with van der Waals surface area (Å²) in [6, 6.07) is 17.2. The Labute approximate surface area is 195 Å². The predicted molar refractivity (Wildman–Crippen MR) is 125 cm³/mol. The predicted octanol–water partition coefficient (Wildman–Crippen LogP) is 4.58. The lowest BCUT2D eigenvalue weighted by molar-refractivity contribution is -0.152. The van der Waals surface area contributed by atoms with E-state index in [0.29, 0.717) is 32.8 Å². The fourth-order valence-electron chi connectivity index (χ4n) is 5.18. The standard InChI is InChI=1S/C27H33FN2O3/c1-2-33-27(32)23-9-6-16-29(19-23)26(31)22-12-15-25(21-7-4-3-5-8-21)30(18-22)17-20-10-13-24(28)14-11-20/h3-5,7-8,10-11,13-14,22-23,25H,2,6,9,12,15-19H2,1H3. The highest BCUT2D eigenvalue weighted by Gasteiger charge is 2.37. The number of carbonyl (C=O) groups excluding carboxylic acids is 2. The van der Waals surface area contributed by atoms with Gasteiger partial charge in [0.2, 0.25) is 5.91 Å². The van der Waals surface area contributed by atoms with E-state index in [2.05, 4.69) is 17.0 Å². The molecule has 2 saturated heterocycles. The van der Waals surface area contributed by atoms with Gasteiger partial charge in [0.25, 0.3) is 0 Å². The van der Waals surface area contributed by atoms with Crippen molar-refractivity contribution < 1.29 is 18.7 Å². The maximum absolute atomic E-state index is 13.5. The summed E-state index contributed by atoms with van der Waals surface area (Å²) < 4.78 is 18.6. The first-order valence-corrected chi connectivity index (χ1v) is 12.0. The lowest BCUT2D eigenvalue weighted by Crippen LogP contribution is -2.49. The molecule has 2 aromatic carbocycles. The van der Waals surface area contributed by atoms with Crippen LogP contribution in [0.1, 0.15) is 49.8 Å². The second-order valence-electron chi connectivity index (χ2n) is 9.13. The Morgan fingerprint density at radius 3 is 2.45 bits per heavy atom. The molecule has 2 fully saturated rings. The Morgan fingerprint density at radius 1 is 0.970 bits per heavy atom. The molecule has 6 heteroatoms. The van der Waals surface area contributed by atoms with Crippen LogP contribution in [0.25, 0.3) is 0 Å². The molecule has 2 aliphatic heterocycles. The second-order valence-corrected chi connectivity index (χ2v) is 9.13. The van der Waals surface area contributed by atoms with Crippen LogP contribution >= 0.6 is 0 Å². The van der Waals surface area contributed by atoms with E-state index < -0.39 is 0 Å². The van der Waals surface area contributed by atoms with Crippen molar-refractivity contribution in [2.45, 2.75) is 45.2 Å². The van der Waals surface area contributed by atoms with Gasteiger partial charge in [0.15, 0.2) is 0 Å². The van der Waals surface area contributed by atoms with E-state index in [0.717, 1.165) is 31.2 Å². The van der Waals surface area contributed by atoms with E-state index in [1.807, 2.05) is 42.2 Å². The molecule has 0 aliphatic carbocycles. The van der Waals surface area contributed by atoms with Crippen molar-refractivity contribution in [1.29, 1.82) is 0 Å². The summed E-state index contributed by atoms with van der Waals surface area (Å²) in [7, 11) is 0. The van der Waals surface area contributed by atoms with E-state index in [1.165, 1.54) is 17.7 Å². The minimum absolute atomic E-state index is 0.105. The number of rotatable bonds is 6. The van der Waals surface area contributed by atoms with Crippen molar-refractivity contribution in [3.05, 3.63) is 71.5 Å². The molecule has 5 nitrogen and oxygen atoms in total. The molecule has 33 heavy (non-hydrogen) atoms. The van der Waals surface area contributed by atoms with Gasteiger partial charge in [-0.25, -0.2) is 4.39 Å². The van der Waals surface area contributed by atoms with E-state index in [9.17, 15) is 14.0 Å². The van der Waals surface area contributed by atoms with Crippen LogP contribution in [0.5, 0.6) is 0 Å². The van der Waals surface area contributed by atoms with Crippen LogP contribution in [-0.2, 0) is 20.9 Å². The lowest BCUT2D eigenvalue weighted by atomic mass is 9.87. The zero-order chi connectivity index (χ0) is 23.2. The van der Waals surface area contributed by atoms with Gasteiger partial charge in [-0.1, -0.05) is 42.5 Å². The molecular weight excluding hydrogens is 419 g/mol. The minimum Gasteiger partial charge on any atom is -0.466 e. The van der Waals surface area contributed by atoms with Gasteiger partial charge in [0.05, 0.1) is 18.4 Å². The number of piperidine rings is 2. The largest absolute Gasteiger partial charge is 0.466 e. The number of hydrogen-bond acceptors (Lipinski definition) is 4. The van der Waals surface area contributed by atoms with Crippen LogP contribution in [0.3, 0.4) is 0 Å². The summed E-state index contributed by atoms with van der Waals surface area (Å²) >= 11 is 0. The monoisotopic (exact) mass is 452 g/mol. The summed E-state index contributed by atoms with van der Waals surface area (Å²) in [6.07, 6.45) is 3.31. The van der Waals surface area contributed by atoms with Crippen molar-refractivity contribution in [3.8, 4) is 0 Å². The Morgan fingerprint density at radius 2 is 1.73 bits per heavy atom. The first-order valence-electron chi connectivity index (χ1n) is 12.0. The Kier molecular flexibility index (Phi) is 7.76. The van der Waals surface area contributed by atoms with Gasteiger partial charge in [0, 0.05) is 32.2 Å². The van der Waals surface area contributed by atoms with Gasteiger partial charge in [0.1, 0.15) is 5.82 Å². The molecule has 1 amide bonds. The lowest BCUT2D eigenvalue weighted by Gasteiger charge is -2.42. The molecule has 2 aliphatic rings. The molecular formula is C27H33FN2O3. The Hall–Kier alpha value is -2.73. The van der Waals surface area contributed by atoms with Gasteiger partial charge < -0.3 is 9.64 Å². The summed E-state index contributed by atoms with van der Waals surface area (Å²) in [5, 5.41) is 0. The zero-order valence-corrected chi connectivity index (χ0v) is 19.3. The molecule has 0 radical (unpaired) electrons. The SMILES string of the molecule is CCOC(=O)C1CCCN(C(=O)C2CCC(c3ccccc3)N(Cc3ccc(F)cc3)C2)C1. The molecule has 0 spiro atoms. The van der Waals surface area contributed by atoms with Crippen molar-refractivity contribution >= 4 is 11.9 Å². The van der Waals surface area contributed by atoms with Gasteiger partial charge in [-0.2, -0.15) is 0 Å². The highest BCUT2D eigenvalue weighted by atomic mass is 19.1. The van der Waals surface area contributed by atoms with Crippen molar-refractivity contribution in [2.75, 3.05) is 26.2 Å². The smallest absolute Gasteiger partial charge is 0.310 e. The molecule has 2 heterocycles. The molecule has 4 rings (SSSR count). The van der Waals surface area contributed by atoms with Gasteiger partial charge in [-0.3, -0.25) is 14.5 Å². The maximum atomic E-state index is 13.5. The van der Waals surface area contributed by atoms with Crippen LogP contribution in [0, 0.1) is 17.7 Å². The first kappa shape index (κ1) is 23.4. The second kappa shape index (κ2) is 10.9. The molecule has 176 valence electrons.